The fraction of sp³-hybridized carbons (Fsp3) is 0.500. The smallest absolute Gasteiger partial charge is 0.133 e. The zero-order valence-electron chi connectivity index (χ0n) is 14.5. The van der Waals surface area contributed by atoms with E-state index in [0.717, 1.165) is 35.6 Å². The van der Waals surface area contributed by atoms with Crippen LogP contribution in [-0.4, -0.2) is 40.5 Å². The predicted molar refractivity (Wildman–Crippen MR) is 105 cm³/mol. The minimum absolute atomic E-state index is 0.487. The van der Waals surface area contributed by atoms with Crippen LogP contribution in [0.2, 0.25) is 0 Å². The first kappa shape index (κ1) is 17.0. The van der Waals surface area contributed by atoms with Gasteiger partial charge in [0.05, 0.1) is 0 Å². The van der Waals surface area contributed by atoms with Crippen LogP contribution in [0.25, 0.3) is 0 Å². The molecule has 2 aromatic rings. The lowest BCUT2D eigenvalue weighted by Gasteiger charge is -2.33. The topological polar surface area (TPSA) is 41.0 Å². The molecule has 0 spiro atoms. The van der Waals surface area contributed by atoms with Crippen molar-refractivity contribution in [2.24, 2.45) is 0 Å². The molecule has 2 heterocycles. The Balaban J connectivity index is 1.30. The Morgan fingerprint density at radius 3 is 2.76 bits per heavy atom. The molecule has 2 fully saturated rings. The summed E-state index contributed by atoms with van der Waals surface area (Å²) in [7, 11) is 0. The average Bonchev–Trinajstić information content (AvgIpc) is 3.47. The van der Waals surface area contributed by atoms with E-state index in [1.165, 1.54) is 37.8 Å². The largest absolute Gasteiger partial charge is 0.366 e. The number of hydrogen-bond acceptors (Lipinski definition) is 4. The van der Waals surface area contributed by atoms with Crippen molar-refractivity contribution in [3.8, 4) is 0 Å². The maximum Gasteiger partial charge on any atom is 0.133 e. The van der Waals surface area contributed by atoms with Gasteiger partial charge in [-0.15, -0.1) is 0 Å². The third-order valence-corrected chi connectivity index (χ3v) is 5.63. The van der Waals surface area contributed by atoms with Crippen molar-refractivity contribution in [1.29, 1.82) is 0 Å². The molecule has 0 radical (unpaired) electrons. The van der Waals surface area contributed by atoms with Crippen molar-refractivity contribution >= 4 is 21.7 Å². The van der Waals surface area contributed by atoms with E-state index in [4.69, 9.17) is 4.98 Å². The molecule has 5 heteroatoms. The SMILES string of the molecule is Brc1ccc(CCN2CCCC(Nc3ccnc(C4CC4)n3)C2)cc1. The maximum absolute atomic E-state index is 4.71. The predicted octanol–water partition coefficient (Wildman–Crippen LogP) is 4.24. The van der Waals surface area contributed by atoms with Crippen molar-refractivity contribution in [3.05, 3.63) is 52.4 Å². The summed E-state index contributed by atoms with van der Waals surface area (Å²) in [5.74, 6) is 2.63. The molecular weight excluding hydrogens is 376 g/mol. The number of nitrogens with zero attached hydrogens (tertiary/aromatic N) is 3. The van der Waals surface area contributed by atoms with Gasteiger partial charge in [0.15, 0.2) is 0 Å². The molecule has 1 aliphatic heterocycles. The molecule has 25 heavy (non-hydrogen) atoms. The lowest BCUT2D eigenvalue weighted by Crippen LogP contribution is -2.43. The van der Waals surface area contributed by atoms with Gasteiger partial charge >= 0.3 is 0 Å². The average molecular weight is 401 g/mol. The van der Waals surface area contributed by atoms with Crippen LogP contribution in [0.3, 0.4) is 0 Å². The summed E-state index contributed by atoms with van der Waals surface area (Å²) in [6.07, 6.45) is 7.97. The van der Waals surface area contributed by atoms with Gasteiger partial charge in [0.2, 0.25) is 0 Å². The fourth-order valence-electron chi connectivity index (χ4n) is 3.52. The molecule has 0 amide bonds. The van der Waals surface area contributed by atoms with Crippen LogP contribution in [0.1, 0.15) is 43.0 Å². The number of halogens is 1. The molecule has 4 rings (SSSR count). The molecule has 1 saturated heterocycles. The first-order valence-corrected chi connectivity index (χ1v) is 10.1. The molecule has 1 aromatic carbocycles. The van der Waals surface area contributed by atoms with Gasteiger partial charge in [-0.2, -0.15) is 0 Å². The minimum Gasteiger partial charge on any atom is -0.366 e. The van der Waals surface area contributed by atoms with Gasteiger partial charge in [-0.1, -0.05) is 28.1 Å². The second kappa shape index (κ2) is 7.83. The monoisotopic (exact) mass is 400 g/mol. The Morgan fingerprint density at radius 2 is 1.96 bits per heavy atom. The normalized spacial score (nSPS) is 21.2. The summed E-state index contributed by atoms with van der Waals surface area (Å²) in [6, 6.07) is 11.2. The van der Waals surface area contributed by atoms with Gasteiger partial charge < -0.3 is 10.2 Å². The number of anilines is 1. The molecular formula is C20H25BrN4. The van der Waals surface area contributed by atoms with Crippen LogP contribution in [0.4, 0.5) is 5.82 Å². The Labute approximate surface area is 158 Å². The van der Waals surface area contributed by atoms with E-state index in [9.17, 15) is 0 Å². The molecule has 1 aromatic heterocycles. The second-order valence-corrected chi connectivity index (χ2v) is 8.15. The van der Waals surface area contributed by atoms with Crippen LogP contribution in [-0.2, 0) is 6.42 Å². The second-order valence-electron chi connectivity index (χ2n) is 7.23. The standard InChI is InChI=1S/C20H25BrN4/c21-17-7-3-15(4-8-17)10-13-25-12-1-2-18(14-25)23-19-9-11-22-20(24-19)16-5-6-16/h3-4,7-9,11,16,18H,1-2,5-6,10,12-14H2,(H,22,23,24). The van der Waals surface area contributed by atoms with Crippen LogP contribution in [0, 0.1) is 0 Å². The number of piperidine rings is 1. The van der Waals surface area contributed by atoms with Gasteiger partial charge in [-0.3, -0.25) is 0 Å². The highest BCUT2D eigenvalue weighted by Gasteiger charge is 2.27. The first-order chi connectivity index (χ1) is 12.3. The number of nitrogens with one attached hydrogen (secondary N) is 1. The highest BCUT2D eigenvalue weighted by atomic mass is 79.9. The van der Waals surface area contributed by atoms with E-state index in [-0.39, 0.29) is 0 Å². The number of likely N-dealkylation sites (tertiary alicyclic amines) is 1. The van der Waals surface area contributed by atoms with Crippen molar-refractivity contribution in [3.63, 3.8) is 0 Å². The Hall–Kier alpha value is -1.46. The van der Waals surface area contributed by atoms with E-state index in [1.807, 2.05) is 12.3 Å². The maximum atomic E-state index is 4.71. The quantitative estimate of drug-likeness (QED) is 0.787. The molecule has 0 bridgehead atoms. The summed E-state index contributed by atoms with van der Waals surface area (Å²) in [4.78, 5) is 11.7. The lowest BCUT2D eigenvalue weighted by atomic mass is 10.0. The van der Waals surface area contributed by atoms with Gasteiger partial charge in [0, 0.05) is 35.7 Å². The molecule has 1 aliphatic carbocycles. The lowest BCUT2D eigenvalue weighted by molar-refractivity contribution is 0.218. The van der Waals surface area contributed by atoms with Crippen LogP contribution in [0.5, 0.6) is 0 Å². The number of aromatic nitrogens is 2. The number of rotatable bonds is 6. The molecule has 4 nitrogen and oxygen atoms in total. The summed E-state index contributed by atoms with van der Waals surface area (Å²) in [6.45, 7) is 3.42. The van der Waals surface area contributed by atoms with E-state index >= 15 is 0 Å². The van der Waals surface area contributed by atoms with Crippen molar-refractivity contribution in [1.82, 2.24) is 14.9 Å². The summed E-state index contributed by atoms with van der Waals surface area (Å²) < 4.78 is 1.15. The first-order valence-electron chi connectivity index (χ1n) is 9.32. The van der Waals surface area contributed by atoms with Crippen molar-refractivity contribution < 1.29 is 0 Å². The van der Waals surface area contributed by atoms with Crippen molar-refractivity contribution in [2.75, 3.05) is 25.0 Å². The van der Waals surface area contributed by atoms with Crippen LogP contribution < -0.4 is 5.32 Å². The summed E-state index contributed by atoms with van der Waals surface area (Å²) >= 11 is 3.50. The van der Waals surface area contributed by atoms with Gasteiger partial charge in [-0.05, 0) is 62.4 Å². The zero-order chi connectivity index (χ0) is 17.1. The molecule has 132 valence electrons. The van der Waals surface area contributed by atoms with Crippen LogP contribution >= 0.6 is 15.9 Å². The van der Waals surface area contributed by atoms with E-state index in [1.54, 1.807) is 0 Å². The van der Waals surface area contributed by atoms with E-state index in [0.29, 0.717) is 12.0 Å². The number of hydrogen-bond donors (Lipinski definition) is 1. The summed E-state index contributed by atoms with van der Waals surface area (Å²) in [5.41, 5.74) is 1.41. The van der Waals surface area contributed by atoms with Gasteiger partial charge in [-0.25, -0.2) is 9.97 Å². The van der Waals surface area contributed by atoms with Gasteiger partial charge in [0.25, 0.3) is 0 Å². The van der Waals surface area contributed by atoms with E-state index in [2.05, 4.69) is 55.4 Å². The molecule has 1 saturated carbocycles. The van der Waals surface area contributed by atoms with Crippen molar-refractivity contribution in [2.45, 2.75) is 44.1 Å². The van der Waals surface area contributed by atoms with Gasteiger partial charge in [0.1, 0.15) is 11.6 Å². The third-order valence-electron chi connectivity index (χ3n) is 5.10. The highest BCUT2D eigenvalue weighted by Crippen LogP contribution is 2.38. The molecule has 1 N–H and O–H groups in total. The summed E-state index contributed by atoms with van der Waals surface area (Å²) in [5, 5.41) is 3.64. The highest BCUT2D eigenvalue weighted by molar-refractivity contribution is 9.10. The minimum atomic E-state index is 0.487. The fourth-order valence-corrected chi connectivity index (χ4v) is 3.78. The Bertz CT molecular complexity index is 699. The third kappa shape index (κ3) is 4.79. The van der Waals surface area contributed by atoms with Crippen LogP contribution in [0.15, 0.2) is 41.0 Å². The zero-order valence-corrected chi connectivity index (χ0v) is 16.1. The Morgan fingerprint density at radius 1 is 1.12 bits per heavy atom. The molecule has 1 atom stereocenters. The molecule has 1 unspecified atom stereocenters. The molecule has 2 aliphatic rings. The number of benzene rings is 1. The van der Waals surface area contributed by atoms with E-state index < -0.39 is 0 Å². The Kier molecular flexibility index (Phi) is 5.32.